The molecule has 0 aromatic heterocycles. The molecule has 1 aromatic rings. The van der Waals surface area contributed by atoms with Gasteiger partial charge in [0.1, 0.15) is 0 Å². The molecule has 2 rings (SSSR count). The van der Waals surface area contributed by atoms with E-state index in [4.69, 9.17) is 5.11 Å². The first-order chi connectivity index (χ1) is 10.9. The van der Waals surface area contributed by atoms with Crippen LogP contribution in [-0.2, 0) is 19.1 Å². The van der Waals surface area contributed by atoms with E-state index < -0.39 is 29.7 Å². The lowest BCUT2D eigenvalue weighted by Gasteiger charge is -2.18. The van der Waals surface area contributed by atoms with Gasteiger partial charge in [0.15, 0.2) is 0 Å². The zero-order chi connectivity index (χ0) is 17.1. The maximum atomic E-state index is 12.0. The van der Waals surface area contributed by atoms with E-state index in [1.165, 1.54) is 37.3 Å². The summed E-state index contributed by atoms with van der Waals surface area (Å²) in [4.78, 5) is 47.7. The average Bonchev–Trinajstić information content (AvgIpc) is 2.95. The van der Waals surface area contributed by atoms with Crippen molar-refractivity contribution in [3.63, 3.8) is 0 Å². The number of benzene rings is 1. The largest absolute Gasteiger partial charge is 0.481 e. The van der Waals surface area contributed by atoms with Crippen LogP contribution in [0.25, 0.3) is 0 Å². The number of aliphatic carboxylic acids is 1. The number of carbonyl (C=O) groups excluding carboxylic acids is 3. The van der Waals surface area contributed by atoms with Crippen molar-refractivity contribution in [2.75, 3.05) is 25.7 Å². The predicted molar refractivity (Wildman–Crippen MR) is 77.2 cm³/mol. The number of amides is 1. The van der Waals surface area contributed by atoms with Gasteiger partial charge in [-0.1, -0.05) is 0 Å². The molecule has 1 heterocycles. The molecule has 1 fully saturated rings. The molecule has 0 saturated carbocycles. The van der Waals surface area contributed by atoms with E-state index in [1.807, 2.05) is 0 Å². The zero-order valence-corrected chi connectivity index (χ0v) is 12.6. The van der Waals surface area contributed by atoms with E-state index in [0.717, 1.165) is 0 Å². The molecule has 0 bridgehead atoms. The molecule has 1 atom stereocenters. The van der Waals surface area contributed by atoms with Crippen LogP contribution in [0.2, 0.25) is 0 Å². The molecule has 122 valence electrons. The van der Waals surface area contributed by atoms with Gasteiger partial charge < -0.3 is 19.5 Å². The van der Waals surface area contributed by atoms with Crippen LogP contribution >= 0.6 is 0 Å². The summed E-state index contributed by atoms with van der Waals surface area (Å²) in [6.07, 6.45) is -0.134. The quantitative estimate of drug-likeness (QED) is 0.813. The van der Waals surface area contributed by atoms with Crippen molar-refractivity contribution in [1.82, 2.24) is 0 Å². The van der Waals surface area contributed by atoms with Gasteiger partial charge in [0.2, 0.25) is 5.91 Å². The van der Waals surface area contributed by atoms with E-state index >= 15 is 0 Å². The SMILES string of the molecule is COC(=O)c1cc(C(=O)OC)cc(N2C[C@H](C(=O)O)CC2=O)c1. The first-order valence-corrected chi connectivity index (χ1v) is 6.72. The van der Waals surface area contributed by atoms with Crippen molar-refractivity contribution in [2.45, 2.75) is 6.42 Å². The first kappa shape index (κ1) is 16.5. The van der Waals surface area contributed by atoms with Crippen molar-refractivity contribution in [3.8, 4) is 0 Å². The highest BCUT2D eigenvalue weighted by Gasteiger charge is 2.35. The Morgan fingerprint density at radius 1 is 1.09 bits per heavy atom. The molecule has 1 N–H and O–H groups in total. The summed E-state index contributed by atoms with van der Waals surface area (Å²) < 4.78 is 9.24. The van der Waals surface area contributed by atoms with Crippen LogP contribution in [0.5, 0.6) is 0 Å². The molecule has 1 aromatic carbocycles. The summed E-state index contributed by atoms with van der Waals surface area (Å²) in [5.41, 5.74) is 0.385. The molecule has 23 heavy (non-hydrogen) atoms. The Morgan fingerprint density at radius 3 is 2.00 bits per heavy atom. The molecular formula is C15H15NO7. The first-order valence-electron chi connectivity index (χ1n) is 6.72. The number of hydrogen-bond acceptors (Lipinski definition) is 6. The normalized spacial score (nSPS) is 17.0. The minimum atomic E-state index is -1.07. The number of carbonyl (C=O) groups is 4. The highest BCUT2D eigenvalue weighted by molar-refractivity contribution is 6.02. The van der Waals surface area contributed by atoms with Gasteiger partial charge in [-0.25, -0.2) is 9.59 Å². The van der Waals surface area contributed by atoms with Crippen LogP contribution in [0, 0.1) is 5.92 Å². The maximum Gasteiger partial charge on any atom is 0.337 e. The topological polar surface area (TPSA) is 110 Å². The lowest BCUT2D eigenvalue weighted by Crippen LogP contribution is -2.26. The third-order valence-electron chi connectivity index (χ3n) is 3.55. The van der Waals surface area contributed by atoms with Crippen LogP contribution in [0.3, 0.4) is 0 Å². The number of rotatable bonds is 4. The monoisotopic (exact) mass is 321 g/mol. The predicted octanol–water partition coefficient (Wildman–Crippen LogP) is 0.697. The fourth-order valence-electron chi connectivity index (χ4n) is 2.36. The molecule has 8 heteroatoms. The molecule has 0 unspecified atom stereocenters. The molecule has 8 nitrogen and oxygen atoms in total. The van der Waals surface area contributed by atoms with Gasteiger partial charge in [-0.2, -0.15) is 0 Å². The second-order valence-corrected chi connectivity index (χ2v) is 5.00. The molecule has 0 radical (unpaired) electrons. The summed E-state index contributed by atoms with van der Waals surface area (Å²) in [5, 5.41) is 9.03. The zero-order valence-electron chi connectivity index (χ0n) is 12.6. The molecular weight excluding hydrogens is 306 g/mol. The summed E-state index contributed by atoms with van der Waals surface area (Å²) >= 11 is 0. The Kier molecular flexibility index (Phi) is 4.63. The number of hydrogen-bond donors (Lipinski definition) is 1. The molecule has 1 amide bonds. The number of nitrogens with zero attached hydrogens (tertiary/aromatic N) is 1. The molecule has 0 spiro atoms. The minimum absolute atomic E-state index is 0.0284. The second-order valence-electron chi connectivity index (χ2n) is 5.00. The van der Waals surface area contributed by atoms with Crippen LogP contribution in [0.4, 0.5) is 5.69 Å². The highest BCUT2D eigenvalue weighted by Crippen LogP contribution is 2.28. The number of carboxylic acids is 1. The lowest BCUT2D eigenvalue weighted by atomic mass is 10.1. The Balaban J connectivity index is 2.45. The highest BCUT2D eigenvalue weighted by atomic mass is 16.5. The van der Waals surface area contributed by atoms with E-state index in [-0.39, 0.29) is 29.8 Å². The lowest BCUT2D eigenvalue weighted by molar-refractivity contribution is -0.141. The maximum absolute atomic E-state index is 12.0. The summed E-state index contributed by atoms with van der Waals surface area (Å²) in [7, 11) is 2.38. The Labute approximate surface area is 131 Å². The van der Waals surface area contributed by atoms with Gasteiger partial charge >= 0.3 is 17.9 Å². The third kappa shape index (κ3) is 3.31. The van der Waals surface area contributed by atoms with Crippen molar-refractivity contribution >= 4 is 29.5 Å². The second kappa shape index (κ2) is 6.47. The Bertz CT molecular complexity index is 648. The molecule has 1 aliphatic rings. The van der Waals surface area contributed by atoms with Gasteiger partial charge in [-0.15, -0.1) is 0 Å². The van der Waals surface area contributed by atoms with E-state index in [1.54, 1.807) is 0 Å². The summed E-state index contributed by atoms with van der Waals surface area (Å²) in [6, 6.07) is 4.04. The van der Waals surface area contributed by atoms with E-state index in [0.29, 0.717) is 0 Å². The van der Waals surface area contributed by atoms with E-state index in [9.17, 15) is 19.2 Å². The van der Waals surface area contributed by atoms with Crippen LogP contribution < -0.4 is 4.90 Å². The number of esters is 2. The molecule has 0 aliphatic carbocycles. The molecule has 1 saturated heterocycles. The smallest absolute Gasteiger partial charge is 0.337 e. The Morgan fingerprint density at radius 2 is 1.61 bits per heavy atom. The fourth-order valence-corrected chi connectivity index (χ4v) is 2.36. The van der Waals surface area contributed by atoms with Gasteiger partial charge in [0.25, 0.3) is 0 Å². The number of ether oxygens (including phenoxy) is 2. The van der Waals surface area contributed by atoms with Crippen molar-refractivity contribution in [1.29, 1.82) is 0 Å². The van der Waals surface area contributed by atoms with Gasteiger partial charge in [-0.3, -0.25) is 9.59 Å². The Hall–Kier alpha value is -2.90. The summed E-state index contributed by atoms with van der Waals surface area (Å²) in [6.45, 7) is -0.0284. The number of carboxylic acid groups (broad SMARTS) is 1. The standard InChI is InChI=1S/C15H15NO7/c1-22-14(20)8-3-9(15(21)23-2)5-11(4-8)16-7-10(13(18)19)6-12(16)17/h3-5,10H,6-7H2,1-2H3,(H,18,19)/t10-/m1/s1. The van der Waals surface area contributed by atoms with Gasteiger partial charge in [0, 0.05) is 18.7 Å². The minimum Gasteiger partial charge on any atom is -0.481 e. The fraction of sp³-hybridized carbons (Fsp3) is 0.333. The molecule has 1 aliphatic heterocycles. The third-order valence-corrected chi connectivity index (χ3v) is 3.55. The van der Waals surface area contributed by atoms with Crippen LogP contribution in [0.1, 0.15) is 27.1 Å². The van der Waals surface area contributed by atoms with Gasteiger partial charge in [-0.05, 0) is 18.2 Å². The van der Waals surface area contributed by atoms with E-state index in [2.05, 4.69) is 9.47 Å². The summed E-state index contributed by atoms with van der Waals surface area (Å²) in [5.74, 6) is -3.66. The number of anilines is 1. The van der Waals surface area contributed by atoms with Crippen molar-refractivity contribution in [3.05, 3.63) is 29.3 Å². The van der Waals surface area contributed by atoms with Gasteiger partial charge in [0.05, 0.1) is 31.3 Å². The van der Waals surface area contributed by atoms with Crippen LogP contribution in [-0.4, -0.2) is 49.7 Å². The average molecular weight is 321 g/mol. The van der Waals surface area contributed by atoms with Crippen molar-refractivity contribution in [2.24, 2.45) is 5.92 Å². The van der Waals surface area contributed by atoms with Crippen LogP contribution in [0.15, 0.2) is 18.2 Å². The number of methoxy groups -OCH3 is 2. The van der Waals surface area contributed by atoms with Crippen molar-refractivity contribution < 1.29 is 33.8 Å².